The molecule has 0 unspecified atom stereocenters. The van der Waals surface area contributed by atoms with Gasteiger partial charge in [-0.1, -0.05) is 27.7 Å². The van der Waals surface area contributed by atoms with Crippen LogP contribution in [0.5, 0.6) is 0 Å². The van der Waals surface area contributed by atoms with Crippen LogP contribution in [0.2, 0.25) is 0 Å². The molecule has 0 aliphatic rings. The Labute approximate surface area is 81.6 Å². The first-order chi connectivity index (χ1) is 4.46. The maximum Gasteiger partial charge on any atom is 0.00314 e. The molecule has 0 aromatic rings. The molecule has 0 bridgehead atoms. The van der Waals surface area contributed by atoms with Crippen molar-refractivity contribution in [2.45, 2.75) is 39.8 Å². The number of nitrogens with zero attached hydrogens (tertiary/aromatic N) is 1. The summed E-state index contributed by atoms with van der Waals surface area (Å²) in [5.74, 6) is -0.0926. The summed E-state index contributed by atoms with van der Waals surface area (Å²) in [6.45, 7) is 7.96. The van der Waals surface area contributed by atoms with Gasteiger partial charge in [0.25, 0.3) is 0 Å². The Morgan fingerprint density at radius 1 is 1.18 bits per heavy atom. The molecule has 0 aromatic carbocycles. The van der Waals surface area contributed by atoms with E-state index < -0.39 is 0 Å². The van der Waals surface area contributed by atoms with E-state index >= 15 is 0 Å². The third kappa shape index (κ3) is 4.36. The summed E-state index contributed by atoms with van der Waals surface area (Å²) < 4.78 is 0. The number of hydrogen-bond donors (Lipinski definition) is 1. The zero-order valence-corrected chi connectivity index (χ0v) is 10.8. The molecule has 0 aliphatic heterocycles. The molecule has 3 nitrogen and oxygen atoms in total. The van der Waals surface area contributed by atoms with E-state index in [0.29, 0.717) is 0 Å². The van der Waals surface area contributed by atoms with Crippen LogP contribution < -0.4 is 0 Å². The minimum Gasteiger partial charge on any atom is -0.422 e. The predicted octanol–water partition coefficient (Wildman–Crippen LogP) is 2.09. The number of nitrogens with one attached hydrogen (secondary N) is 2. The molecule has 0 fully saturated rings. The topological polar surface area (TPSA) is 50.9 Å². The van der Waals surface area contributed by atoms with Crippen LogP contribution in [0.25, 0.3) is 5.73 Å². The van der Waals surface area contributed by atoms with Gasteiger partial charge in [-0.05, 0) is 12.1 Å². The molecular formula is C7H16N3Zn-. The summed E-state index contributed by atoms with van der Waals surface area (Å²) in [5, 5.41) is 7.10. The molecular weight excluding hydrogens is 191 g/mol. The second-order valence-corrected chi connectivity index (χ2v) is 2.94. The molecule has 0 saturated carbocycles. The monoisotopic (exact) mass is 206 g/mol. The van der Waals surface area contributed by atoms with Crippen molar-refractivity contribution in [2.75, 3.05) is 0 Å². The predicted molar refractivity (Wildman–Crippen MR) is 44.2 cm³/mol. The van der Waals surface area contributed by atoms with Crippen molar-refractivity contribution in [3.63, 3.8) is 0 Å². The molecule has 0 radical (unpaired) electrons. The Kier molecular flexibility index (Phi) is 6.78. The fraction of sp³-hybridized carbons (Fsp3) is 0.857. The average Bonchev–Trinajstić information content (AvgIpc) is 1.59. The Hall–Kier alpha value is -0.107. The van der Waals surface area contributed by atoms with Crippen LogP contribution in [0, 0.1) is 5.41 Å². The summed E-state index contributed by atoms with van der Waals surface area (Å²) in [6.07, 6.45) is 0. The van der Waals surface area contributed by atoms with Crippen molar-refractivity contribution in [1.82, 2.24) is 4.90 Å². The molecule has 62 valence electrons. The van der Waals surface area contributed by atoms with Gasteiger partial charge in [0.2, 0.25) is 0 Å². The van der Waals surface area contributed by atoms with E-state index in [0.717, 1.165) is 0 Å². The van der Waals surface area contributed by atoms with Crippen LogP contribution in [0.15, 0.2) is 0 Å². The second-order valence-electron chi connectivity index (χ2n) is 2.94. The standard InChI is InChI=1S/C7H16N3.Zn/c1-5(2)10(6(3)4)7(8)9;/h5-6H,1-4H3,(H2-,8,9);/q-1;. The molecule has 0 atom stereocenters. The van der Waals surface area contributed by atoms with Crippen LogP contribution in [0.1, 0.15) is 27.7 Å². The normalized spacial score (nSPS) is 9.64. The van der Waals surface area contributed by atoms with Gasteiger partial charge in [-0.25, -0.2) is 0 Å². The van der Waals surface area contributed by atoms with Crippen LogP contribution in [0.4, 0.5) is 0 Å². The number of guanidine groups is 1. The molecule has 0 aliphatic carbocycles. The molecule has 0 aromatic heterocycles. The van der Waals surface area contributed by atoms with Crippen molar-refractivity contribution in [3.8, 4) is 0 Å². The molecule has 11 heavy (non-hydrogen) atoms. The summed E-state index contributed by atoms with van der Waals surface area (Å²) in [5.41, 5.74) is 7.10. The van der Waals surface area contributed by atoms with Gasteiger partial charge in [0.1, 0.15) is 0 Å². The van der Waals surface area contributed by atoms with E-state index in [-0.39, 0.29) is 37.5 Å². The van der Waals surface area contributed by atoms with Gasteiger partial charge in [-0.3, -0.25) is 0 Å². The van der Waals surface area contributed by atoms with Crippen molar-refractivity contribution in [2.24, 2.45) is 0 Å². The van der Waals surface area contributed by atoms with Gasteiger partial charge < -0.3 is 16.0 Å². The Bertz CT molecular complexity index is 115. The van der Waals surface area contributed by atoms with Crippen LogP contribution in [-0.4, -0.2) is 22.9 Å². The SMILES string of the molecule is CC(C)N(C(=N)[NH-])C(C)C.[Zn]. The van der Waals surface area contributed by atoms with Gasteiger partial charge in [0.05, 0.1) is 0 Å². The van der Waals surface area contributed by atoms with E-state index in [9.17, 15) is 0 Å². The van der Waals surface area contributed by atoms with E-state index in [1.54, 1.807) is 4.90 Å². The number of hydrogen-bond acceptors (Lipinski definition) is 1. The van der Waals surface area contributed by atoms with Crippen molar-refractivity contribution >= 4 is 5.96 Å². The zero-order chi connectivity index (χ0) is 8.31. The fourth-order valence-corrected chi connectivity index (χ4v) is 1.11. The first-order valence-corrected chi connectivity index (χ1v) is 3.55. The zero-order valence-electron chi connectivity index (χ0n) is 7.81. The smallest absolute Gasteiger partial charge is 0.00314 e. The summed E-state index contributed by atoms with van der Waals surface area (Å²) >= 11 is 0. The third-order valence-corrected chi connectivity index (χ3v) is 1.37. The molecule has 2 N–H and O–H groups in total. The second kappa shape index (κ2) is 5.53. The van der Waals surface area contributed by atoms with Crippen LogP contribution in [-0.2, 0) is 19.5 Å². The quantitative estimate of drug-likeness (QED) is 0.421. The van der Waals surface area contributed by atoms with Gasteiger partial charge in [-0.2, -0.15) is 0 Å². The summed E-state index contributed by atoms with van der Waals surface area (Å²) in [4.78, 5) is 1.75. The molecule has 0 saturated heterocycles. The van der Waals surface area contributed by atoms with E-state index in [1.807, 2.05) is 27.7 Å². The van der Waals surface area contributed by atoms with Crippen LogP contribution in [0.3, 0.4) is 0 Å². The van der Waals surface area contributed by atoms with Crippen molar-refractivity contribution in [1.29, 1.82) is 5.41 Å². The molecule has 0 amide bonds. The minimum absolute atomic E-state index is 0. The Morgan fingerprint density at radius 3 is 1.45 bits per heavy atom. The maximum atomic E-state index is 7.10. The van der Waals surface area contributed by atoms with Gasteiger partial charge in [0.15, 0.2) is 0 Å². The van der Waals surface area contributed by atoms with Gasteiger partial charge in [0, 0.05) is 25.4 Å². The van der Waals surface area contributed by atoms with E-state index in [1.165, 1.54) is 0 Å². The Balaban J connectivity index is 0. The van der Waals surface area contributed by atoms with E-state index in [4.69, 9.17) is 11.1 Å². The number of rotatable bonds is 2. The summed E-state index contributed by atoms with van der Waals surface area (Å²) in [6, 6.07) is 0.509. The van der Waals surface area contributed by atoms with Crippen LogP contribution >= 0.6 is 0 Å². The van der Waals surface area contributed by atoms with E-state index in [2.05, 4.69) is 0 Å². The first-order valence-electron chi connectivity index (χ1n) is 3.55. The van der Waals surface area contributed by atoms with Crippen molar-refractivity contribution in [3.05, 3.63) is 5.73 Å². The molecule has 0 spiro atoms. The minimum atomic E-state index is -0.0926. The molecule has 4 heteroatoms. The fourth-order valence-electron chi connectivity index (χ4n) is 1.11. The molecule has 0 heterocycles. The van der Waals surface area contributed by atoms with Gasteiger partial charge in [-0.15, -0.1) is 0 Å². The van der Waals surface area contributed by atoms with Crippen molar-refractivity contribution < 1.29 is 19.5 Å². The average molecular weight is 208 g/mol. The first kappa shape index (κ1) is 13.5. The molecule has 0 rings (SSSR count). The Morgan fingerprint density at radius 2 is 1.45 bits per heavy atom. The third-order valence-electron chi connectivity index (χ3n) is 1.37. The largest absolute Gasteiger partial charge is 0.422 e. The summed E-state index contributed by atoms with van der Waals surface area (Å²) in [7, 11) is 0. The maximum absolute atomic E-state index is 7.10. The van der Waals surface area contributed by atoms with Gasteiger partial charge >= 0.3 is 0 Å².